The van der Waals surface area contributed by atoms with E-state index in [-0.39, 0.29) is 5.78 Å². The van der Waals surface area contributed by atoms with Crippen LogP contribution in [-0.4, -0.2) is 5.78 Å². The number of Topliss-reactive ketones (excluding diaryl/α,β-unsaturated/α-hetero) is 1. The van der Waals surface area contributed by atoms with E-state index in [0.29, 0.717) is 12.8 Å². The van der Waals surface area contributed by atoms with Crippen molar-refractivity contribution in [1.82, 2.24) is 0 Å². The molecule has 100 valence electrons. The van der Waals surface area contributed by atoms with Gasteiger partial charge in [0.2, 0.25) is 0 Å². The molecule has 2 rings (SSSR count). The molecule has 0 saturated heterocycles. The fourth-order valence-corrected chi connectivity index (χ4v) is 2.04. The average Bonchev–Trinajstić information content (AvgIpc) is 2.48. The summed E-state index contributed by atoms with van der Waals surface area (Å²) in [5.74, 6) is 6.60. The molecule has 0 saturated carbocycles. The van der Waals surface area contributed by atoms with Gasteiger partial charge in [0.25, 0.3) is 0 Å². The molecule has 0 spiro atoms. The van der Waals surface area contributed by atoms with Crippen LogP contribution in [0.5, 0.6) is 0 Å². The van der Waals surface area contributed by atoms with Crippen molar-refractivity contribution >= 4 is 5.78 Å². The Balaban J connectivity index is 2.20. The third-order valence-corrected chi connectivity index (χ3v) is 3.05. The minimum absolute atomic E-state index is 0.279. The van der Waals surface area contributed by atoms with Crippen molar-refractivity contribution in [3.05, 3.63) is 71.3 Å². The number of hydrogen-bond acceptors (Lipinski definition) is 1. The maximum atomic E-state index is 11.8. The monoisotopic (exact) mass is 262 g/mol. The van der Waals surface area contributed by atoms with Gasteiger partial charge in [-0.2, -0.15) is 0 Å². The molecule has 1 nitrogen and oxygen atoms in total. The molecule has 20 heavy (non-hydrogen) atoms. The van der Waals surface area contributed by atoms with Gasteiger partial charge in [0, 0.05) is 24.0 Å². The highest BCUT2D eigenvalue weighted by molar-refractivity contribution is 5.81. The SMILES string of the molecule is CCCC(=O)Cc1ccccc1C#Cc1ccccc1. The van der Waals surface area contributed by atoms with E-state index in [0.717, 1.165) is 23.1 Å². The van der Waals surface area contributed by atoms with Gasteiger partial charge in [-0.3, -0.25) is 4.79 Å². The Hall–Kier alpha value is -2.33. The molecule has 0 heterocycles. The fraction of sp³-hybridized carbons (Fsp3) is 0.211. The molecule has 0 bridgehead atoms. The van der Waals surface area contributed by atoms with Gasteiger partial charge in [0.05, 0.1) is 0 Å². The summed E-state index contributed by atoms with van der Waals surface area (Å²) in [7, 11) is 0. The summed E-state index contributed by atoms with van der Waals surface area (Å²) in [5, 5.41) is 0. The van der Waals surface area contributed by atoms with Crippen molar-refractivity contribution in [2.75, 3.05) is 0 Å². The van der Waals surface area contributed by atoms with E-state index in [2.05, 4.69) is 11.8 Å². The van der Waals surface area contributed by atoms with Crippen molar-refractivity contribution in [2.24, 2.45) is 0 Å². The summed E-state index contributed by atoms with van der Waals surface area (Å²) < 4.78 is 0. The molecule has 2 aromatic rings. The van der Waals surface area contributed by atoms with Crippen LogP contribution in [0.15, 0.2) is 54.6 Å². The Morgan fingerprint density at radius 3 is 2.40 bits per heavy atom. The maximum Gasteiger partial charge on any atom is 0.137 e. The van der Waals surface area contributed by atoms with Crippen LogP contribution in [0.1, 0.15) is 36.5 Å². The van der Waals surface area contributed by atoms with E-state index in [9.17, 15) is 4.79 Å². The molecule has 0 N–H and O–H groups in total. The lowest BCUT2D eigenvalue weighted by Gasteiger charge is -2.03. The van der Waals surface area contributed by atoms with Crippen molar-refractivity contribution in [3.63, 3.8) is 0 Å². The smallest absolute Gasteiger partial charge is 0.137 e. The molecule has 2 aromatic carbocycles. The van der Waals surface area contributed by atoms with E-state index >= 15 is 0 Å². The molecular formula is C19H18O. The second kappa shape index (κ2) is 7.31. The standard InChI is InChI=1S/C19H18O/c1-2-8-19(20)15-18-12-7-6-11-17(18)14-13-16-9-4-3-5-10-16/h3-7,9-12H,2,8,15H2,1H3. The first-order valence-electron chi connectivity index (χ1n) is 6.96. The van der Waals surface area contributed by atoms with Crippen LogP contribution >= 0.6 is 0 Å². The highest BCUT2D eigenvalue weighted by Crippen LogP contribution is 2.10. The van der Waals surface area contributed by atoms with Crippen LogP contribution in [0.25, 0.3) is 0 Å². The van der Waals surface area contributed by atoms with E-state index in [4.69, 9.17) is 0 Å². The summed E-state index contributed by atoms with van der Waals surface area (Å²) in [6, 6.07) is 17.8. The van der Waals surface area contributed by atoms with Gasteiger partial charge < -0.3 is 0 Å². The van der Waals surface area contributed by atoms with Crippen LogP contribution in [0.2, 0.25) is 0 Å². The van der Waals surface area contributed by atoms with Gasteiger partial charge in [-0.25, -0.2) is 0 Å². The third kappa shape index (κ3) is 4.10. The Kier molecular flexibility index (Phi) is 5.15. The van der Waals surface area contributed by atoms with Crippen LogP contribution in [0.4, 0.5) is 0 Å². The van der Waals surface area contributed by atoms with Crippen LogP contribution in [0.3, 0.4) is 0 Å². The van der Waals surface area contributed by atoms with Crippen LogP contribution in [-0.2, 0) is 11.2 Å². The molecule has 0 atom stereocenters. The quantitative estimate of drug-likeness (QED) is 0.761. The number of rotatable bonds is 4. The Labute approximate surface area is 120 Å². The summed E-state index contributed by atoms with van der Waals surface area (Å²) in [6.07, 6.45) is 2.02. The van der Waals surface area contributed by atoms with Gasteiger partial charge in [0.1, 0.15) is 5.78 Å². The molecule has 0 unspecified atom stereocenters. The van der Waals surface area contributed by atoms with Gasteiger partial charge in [0.15, 0.2) is 0 Å². The Bertz CT molecular complexity index is 630. The van der Waals surface area contributed by atoms with Gasteiger partial charge in [-0.1, -0.05) is 55.2 Å². The minimum Gasteiger partial charge on any atom is -0.299 e. The van der Waals surface area contributed by atoms with E-state index in [1.165, 1.54) is 0 Å². The largest absolute Gasteiger partial charge is 0.299 e. The van der Waals surface area contributed by atoms with Crippen molar-refractivity contribution < 1.29 is 4.79 Å². The molecule has 0 radical (unpaired) electrons. The summed E-state index contributed by atoms with van der Waals surface area (Å²) >= 11 is 0. The summed E-state index contributed by atoms with van der Waals surface area (Å²) in [5.41, 5.74) is 2.96. The first kappa shape index (κ1) is 14.1. The Morgan fingerprint density at radius 1 is 0.950 bits per heavy atom. The van der Waals surface area contributed by atoms with Crippen LogP contribution in [0, 0.1) is 11.8 Å². The van der Waals surface area contributed by atoms with Crippen molar-refractivity contribution in [1.29, 1.82) is 0 Å². The molecular weight excluding hydrogens is 244 g/mol. The first-order chi connectivity index (χ1) is 9.79. The minimum atomic E-state index is 0.279. The molecule has 0 aromatic heterocycles. The highest BCUT2D eigenvalue weighted by atomic mass is 16.1. The number of carbonyl (C=O) groups excluding carboxylic acids is 1. The topological polar surface area (TPSA) is 17.1 Å². The van der Waals surface area contributed by atoms with E-state index in [1.807, 2.05) is 61.5 Å². The number of benzene rings is 2. The van der Waals surface area contributed by atoms with Crippen molar-refractivity contribution in [2.45, 2.75) is 26.2 Å². The first-order valence-corrected chi connectivity index (χ1v) is 6.96. The second-order valence-electron chi connectivity index (χ2n) is 4.74. The molecule has 0 amide bonds. The zero-order valence-corrected chi connectivity index (χ0v) is 11.7. The van der Waals surface area contributed by atoms with Gasteiger partial charge in [-0.05, 0) is 30.2 Å². The average molecular weight is 262 g/mol. The zero-order valence-electron chi connectivity index (χ0n) is 11.7. The van der Waals surface area contributed by atoms with E-state index in [1.54, 1.807) is 0 Å². The van der Waals surface area contributed by atoms with Crippen LogP contribution < -0.4 is 0 Å². The Morgan fingerprint density at radius 2 is 1.65 bits per heavy atom. The second-order valence-corrected chi connectivity index (χ2v) is 4.74. The lowest BCUT2D eigenvalue weighted by atomic mass is 10.0. The molecule has 0 aliphatic rings. The van der Waals surface area contributed by atoms with E-state index < -0.39 is 0 Å². The molecule has 0 aliphatic carbocycles. The normalized spacial score (nSPS) is 9.65. The number of hydrogen-bond donors (Lipinski definition) is 0. The lowest BCUT2D eigenvalue weighted by molar-refractivity contribution is -0.118. The summed E-state index contributed by atoms with van der Waals surface area (Å²) in [4.78, 5) is 11.8. The number of ketones is 1. The fourth-order valence-electron chi connectivity index (χ4n) is 2.04. The predicted molar refractivity (Wildman–Crippen MR) is 82.5 cm³/mol. The molecule has 1 heteroatoms. The van der Waals surface area contributed by atoms with Gasteiger partial charge >= 0.3 is 0 Å². The third-order valence-electron chi connectivity index (χ3n) is 3.05. The number of carbonyl (C=O) groups is 1. The predicted octanol–water partition coefficient (Wildman–Crippen LogP) is 4.00. The lowest BCUT2D eigenvalue weighted by Crippen LogP contribution is -2.03. The zero-order chi connectivity index (χ0) is 14.2. The van der Waals surface area contributed by atoms with Gasteiger partial charge in [-0.15, -0.1) is 0 Å². The molecule has 0 fully saturated rings. The highest BCUT2D eigenvalue weighted by Gasteiger charge is 2.05. The molecule has 0 aliphatic heterocycles. The van der Waals surface area contributed by atoms with Crippen molar-refractivity contribution in [3.8, 4) is 11.8 Å². The summed E-state index contributed by atoms with van der Waals surface area (Å²) in [6.45, 7) is 2.03. The maximum absolute atomic E-state index is 11.8.